The molecule has 6 rings (SSSR count). The van der Waals surface area contributed by atoms with Crippen LogP contribution < -0.4 is 19.6 Å². The van der Waals surface area contributed by atoms with Crippen molar-refractivity contribution in [2.24, 2.45) is 28.8 Å². The first kappa shape index (κ1) is 27.0. The molecule has 12 heteroatoms. The van der Waals surface area contributed by atoms with Gasteiger partial charge in [0.25, 0.3) is 0 Å². The molecule has 41 heavy (non-hydrogen) atoms. The third-order valence-corrected chi connectivity index (χ3v) is 8.47. The number of hydrazone groups is 1. The Morgan fingerprint density at radius 3 is 2.54 bits per heavy atom. The molecule has 3 fully saturated rings. The first-order chi connectivity index (χ1) is 19.8. The summed E-state index contributed by atoms with van der Waals surface area (Å²) in [5, 5.41) is 25.9. The van der Waals surface area contributed by atoms with Crippen molar-refractivity contribution in [2.45, 2.75) is 44.6 Å². The molecule has 12 nitrogen and oxygen atoms in total. The highest BCUT2D eigenvalue weighted by Crippen LogP contribution is 2.50. The van der Waals surface area contributed by atoms with E-state index in [0.717, 1.165) is 11.1 Å². The molecule has 0 aromatic heterocycles. The number of hydrogen-bond acceptors (Lipinski definition) is 10. The lowest BCUT2D eigenvalue weighted by Crippen LogP contribution is -2.55. The van der Waals surface area contributed by atoms with Crippen molar-refractivity contribution in [1.82, 2.24) is 10.3 Å². The normalized spacial score (nSPS) is 29.2. The first-order valence-electron chi connectivity index (χ1n) is 13.6. The van der Waals surface area contributed by atoms with Crippen LogP contribution in [-0.4, -0.2) is 64.8 Å². The van der Waals surface area contributed by atoms with E-state index in [1.54, 1.807) is 49.6 Å². The average molecular weight is 566 g/mol. The van der Waals surface area contributed by atoms with E-state index in [4.69, 9.17) is 18.9 Å². The minimum Gasteiger partial charge on any atom is -0.497 e. The summed E-state index contributed by atoms with van der Waals surface area (Å²) in [6.45, 7) is 0.209. The van der Waals surface area contributed by atoms with Crippen LogP contribution in [0.25, 0.3) is 0 Å². The van der Waals surface area contributed by atoms with Crippen LogP contribution in [0.3, 0.4) is 0 Å². The second kappa shape index (κ2) is 11.0. The van der Waals surface area contributed by atoms with Gasteiger partial charge in [0, 0.05) is 24.0 Å². The number of carbonyl (C=O) groups excluding carboxylic acids is 3. The summed E-state index contributed by atoms with van der Waals surface area (Å²) < 4.78 is 21.1. The Balaban J connectivity index is 1.14. The summed E-state index contributed by atoms with van der Waals surface area (Å²) in [7, 11) is 1.56. The van der Waals surface area contributed by atoms with Crippen LogP contribution >= 0.6 is 0 Å². The number of benzene rings is 2. The summed E-state index contributed by atoms with van der Waals surface area (Å²) in [4.78, 5) is 40.6. The van der Waals surface area contributed by atoms with Crippen molar-refractivity contribution in [1.29, 1.82) is 0 Å². The fraction of sp³-hybridized carbons (Fsp3) is 0.448. The molecule has 4 aliphatic rings. The lowest BCUT2D eigenvalue weighted by atomic mass is 9.60. The maximum atomic E-state index is 13.6. The zero-order valence-corrected chi connectivity index (χ0v) is 22.4. The number of carbonyl (C=O) groups is 3. The van der Waals surface area contributed by atoms with E-state index in [0.29, 0.717) is 35.8 Å². The predicted octanol–water partition coefficient (Wildman–Crippen LogP) is 1.96. The molecule has 1 saturated heterocycles. The Morgan fingerprint density at radius 2 is 1.76 bits per heavy atom. The summed E-state index contributed by atoms with van der Waals surface area (Å²) >= 11 is 0. The Labute approximate surface area is 235 Å². The quantitative estimate of drug-likeness (QED) is 0.352. The first-order valence-corrected chi connectivity index (χ1v) is 13.6. The van der Waals surface area contributed by atoms with Crippen LogP contribution in [0.5, 0.6) is 17.2 Å². The Morgan fingerprint density at radius 1 is 1.02 bits per heavy atom. The maximum Gasteiger partial charge on any atom is 0.428 e. The molecule has 2 aliphatic carbocycles. The summed E-state index contributed by atoms with van der Waals surface area (Å²) in [6.07, 6.45) is -2.25. The van der Waals surface area contributed by atoms with Gasteiger partial charge in [0.15, 0.2) is 11.5 Å². The Bertz CT molecular complexity index is 1380. The van der Waals surface area contributed by atoms with E-state index in [1.165, 1.54) is 4.90 Å². The fourth-order valence-corrected chi connectivity index (χ4v) is 6.46. The van der Waals surface area contributed by atoms with Crippen molar-refractivity contribution >= 4 is 23.6 Å². The topological polar surface area (TPSA) is 156 Å². The molecule has 6 atom stereocenters. The van der Waals surface area contributed by atoms with Gasteiger partial charge in [-0.3, -0.25) is 14.5 Å². The van der Waals surface area contributed by atoms with Gasteiger partial charge in [0.05, 0.1) is 37.7 Å². The lowest BCUT2D eigenvalue weighted by Gasteiger charge is -2.45. The van der Waals surface area contributed by atoms with E-state index in [2.05, 4.69) is 10.5 Å². The molecule has 216 valence electrons. The van der Waals surface area contributed by atoms with Gasteiger partial charge in [-0.2, -0.15) is 5.10 Å². The van der Waals surface area contributed by atoms with E-state index >= 15 is 0 Å². The molecule has 3 amide bonds. The largest absolute Gasteiger partial charge is 0.497 e. The third-order valence-electron chi connectivity index (χ3n) is 8.47. The number of nitrogens with one attached hydrogen (secondary N) is 1. The fourth-order valence-electron chi connectivity index (χ4n) is 6.46. The van der Waals surface area contributed by atoms with E-state index in [9.17, 15) is 24.6 Å². The SMILES string of the molecule is COc1ccc(COC(=O)NN=C2C[C@@H](O)[C@@H](O)[C@@H]3[C@H]4C(=O)N(Cc5ccc6c(c5)OCO6)C(=O)[C@@H]4CC[C@H]23)cc1. The lowest BCUT2D eigenvalue weighted by molar-refractivity contribution is -0.142. The van der Waals surface area contributed by atoms with E-state index < -0.39 is 42.0 Å². The predicted molar refractivity (Wildman–Crippen MR) is 142 cm³/mol. The molecule has 2 heterocycles. The highest BCUT2D eigenvalue weighted by atomic mass is 16.7. The molecule has 0 spiro atoms. The molecule has 3 N–H and O–H groups in total. The van der Waals surface area contributed by atoms with E-state index in [-0.39, 0.29) is 38.2 Å². The van der Waals surface area contributed by atoms with Gasteiger partial charge >= 0.3 is 6.09 Å². The van der Waals surface area contributed by atoms with Gasteiger partial charge in [-0.15, -0.1) is 0 Å². The van der Waals surface area contributed by atoms with Crippen LogP contribution in [0.2, 0.25) is 0 Å². The smallest absolute Gasteiger partial charge is 0.428 e. The van der Waals surface area contributed by atoms with Crippen molar-refractivity contribution in [2.75, 3.05) is 13.9 Å². The standard InChI is InChI=1S/C29H31N3O9/c1-38-17-5-2-15(3-6-17)13-39-29(37)31-30-20-11-21(33)26(34)24-18(20)7-8-19-25(24)28(36)32(27(19)35)12-16-4-9-22-23(10-16)41-14-40-22/h2-6,9-10,18-19,21,24-26,33-34H,7-8,11-14H2,1H3,(H,31,37)/t18-,19-,21-,24+,25+,26-/m1/s1. The average Bonchev–Trinajstić information content (AvgIpc) is 3.55. The van der Waals surface area contributed by atoms with Crippen LogP contribution in [0.4, 0.5) is 4.79 Å². The number of aliphatic hydroxyl groups excluding tert-OH is 2. The number of imide groups is 1. The molecular weight excluding hydrogens is 534 g/mol. The summed E-state index contributed by atoms with van der Waals surface area (Å²) in [6, 6.07) is 12.3. The summed E-state index contributed by atoms with van der Waals surface area (Å²) in [5.74, 6) is -1.33. The number of aliphatic hydroxyl groups is 2. The number of hydrogen-bond donors (Lipinski definition) is 3. The Kier molecular flexibility index (Phi) is 7.26. The van der Waals surface area contributed by atoms with Gasteiger partial charge in [0.2, 0.25) is 18.6 Å². The molecular formula is C29H31N3O9. The number of methoxy groups -OCH3 is 1. The number of ether oxygens (including phenoxy) is 4. The number of rotatable bonds is 6. The number of likely N-dealkylation sites (tertiary alicyclic amines) is 1. The second-order valence-electron chi connectivity index (χ2n) is 10.7. The highest BCUT2D eigenvalue weighted by molar-refractivity contribution is 6.06. The number of nitrogens with zero attached hydrogens (tertiary/aromatic N) is 2. The molecule has 2 aromatic carbocycles. The highest BCUT2D eigenvalue weighted by Gasteiger charge is 2.59. The molecule has 0 bridgehead atoms. The molecule has 0 unspecified atom stereocenters. The molecule has 0 radical (unpaired) electrons. The minimum absolute atomic E-state index is 0.0215. The molecule has 2 aliphatic heterocycles. The van der Waals surface area contributed by atoms with Crippen LogP contribution in [0.15, 0.2) is 47.6 Å². The molecule has 2 saturated carbocycles. The Hall–Kier alpha value is -4.16. The molecule has 2 aromatic rings. The van der Waals surface area contributed by atoms with Crippen LogP contribution in [0.1, 0.15) is 30.4 Å². The van der Waals surface area contributed by atoms with Crippen molar-refractivity contribution in [3.05, 3.63) is 53.6 Å². The zero-order valence-electron chi connectivity index (χ0n) is 22.4. The van der Waals surface area contributed by atoms with Gasteiger partial charge < -0.3 is 29.2 Å². The van der Waals surface area contributed by atoms with E-state index in [1.807, 2.05) is 0 Å². The third kappa shape index (κ3) is 5.08. The van der Waals surface area contributed by atoms with Crippen LogP contribution in [0, 0.1) is 23.7 Å². The van der Waals surface area contributed by atoms with Gasteiger partial charge in [0.1, 0.15) is 12.4 Å². The second-order valence-corrected chi connectivity index (χ2v) is 10.7. The maximum absolute atomic E-state index is 13.6. The van der Waals surface area contributed by atoms with Crippen molar-refractivity contribution in [3.8, 4) is 17.2 Å². The van der Waals surface area contributed by atoms with Crippen LogP contribution in [-0.2, 0) is 27.5 Å². The van der Waals surface area contributed by atoms with Gasteiger partial charge in [-0.1, -0.05) is 18.2 Å². The zero-order chi connectivity index (χ0) is 28.7. The minimum atomic E-state index is -1.21. The number of amides is 3. The van der Waals surface area contributed by atoms with Gasteiger partial charge in [-0.25, -0.2) is 10.2 Å². The van der Waals surface area contributed by atoms with Crippen molar-refractivity contribution < 1.29 is 43.5 Å². The number of fused-ring (bicyclic) bond motifs is 4. The van der Waals surface area contributed by atoms with Crippen molar-refractivity contribution in [3.63, 3.8) is 0 Å². The van der Waals surface area contributed by atoms with Gasteiger partial charge in [-0.05, 0) is 48.2 Å². The monoisotopic (exact) mass is 565 g/mol. The summed E-state index contributed by atoms with van der Waals surface area (Å²) in [5.41, 5.74) is 4.32.